The van der Waals surface area contributed by atoms with Crippen LogP contribution in [0.25, 0.3) is 10.8 Å². The summed E-state index contributed by atoms with van der Waals surface area (Å²) < 4.78 is 0. The largest absolute Gasteiger partial charge is 0.388 e. The van der Waals surface area contributed by atoms with E-state index in [0.717, 1.165) is 5.56 Å². The van der Waals surface area contributed by atoms with Gasteiger partial charge in [0.05, 0.1) is 6.10 Å². The number of alkyl halides is 1. The Bertz CT molecular complexity index is 479. The SMILES string of the molecule is Cc1ccc2cc(C(O)CBr)ccc2c1. The fourth-order valence-electron chi connectivity index (χ4n) is 1.68. The summed E-state index contributed by atoms with van der Waals surface area (Å²) in [5.74, 6) is 0. The molecule has 0 saturated heterocycles. The summed E-state index contributed by atoms with van der Waals surface area (Å²) >= 11 is 3.28. The van der Waals surface area contributed by atoms with Crippen molar-refractivity contribution in [3.05, 3.63) is 47.5 Å². The Morgan fingerprint density at radius 1 is 1.13 bits per heavy atom. The molecule has 2 aromatic rings. The van der Waals surface area contributed by atoms with Crippen LogP contribution in [0.3, 0.4) is 0 Å². The van der Waals surface area contributed by atoms with Gasteiger partial charge in [0.25, 0.3) is 0 Å². The first kappa shape index (κ1) is 10.7. The molecule has 15 heavy (non-hydrogen) atoms. The van der Waals surface area contributed by atoms with Gasteiger partial charge < -0.3 is 5.11 Å². The van der Waals surface area contributed by atoms with Gasteiger partial charge in [0.1, 0.15) is 0 Å². The van der Waals surface area contributed by atoms with Gasteiger partial charge in [0.15, 0.2) is 0 Å². The van der Waals surface area contributed by atoms with Crippen molar-refractivity contribution in [2.75, 3.05) is 5.33 Å². The minimum Gasteiger partial charge on any atom is -0.388 e. The number of rotatable bonds is 2. The Balaban J connectivity index is 2.52. The molecule has 0 aliphatic carbocycles. The third-order valence-corrected chi connectivity index (χ3v) is 3.16. The molecule has 1 nitrogen and oxygen atoms in total. The van der Waals surface area contributed by atoms with Crippen LogP contribution in [0.5, 0.6) is 0 Å². The lowest BCUT2D eigenvalue weighted by molar-refractivity contribution is 0.205. The number of fused-ring (bicyclic) bond motifs is 1. The summed E-state index contributed by atoms with van der Waals surface area (Å²) in [6.07, 6.45) is -0.421. The Morgan fingerprint density at radius 2 is 1.80 bits per heavy atom. The molecule has 0 amide bonds. The second-order valence-corrected chi connectivity index (χ2v) is 4.43. The highest BCUT2D eigenvalue weighted by atomic mass is 79.9. The Morgan fingerprint density at radius 3 is 2.53 bits per heavy atom. The van der Waals surface area contributed by atoms with Gasteiger partial charge in [-0.2, -0.15) is 0 Å². The van der Waals surface area contributed by atoms with Crippen molar-refractivity contribution in [3.8, 4) is 0 Å². The Labute approximate surface area is 97.9 Å². The smallest absolute Gasteiger partial charge is 0.0887 e. The van der Waals surface area contributed by atoms with Crippen LogP contribution in [0.15, 0.2) is 36.4 Å². The van der Waals surface area contributed by atoms with Gasteiger partial charge in [-0.1, -0.05) is 51.8 Å². The number of benzene rings is 2. The molecule has 0 aliphatic rings. The van der Waals surface area contributed by atoms with E-state index >= 15 is 0 Å². The van der Waals surface area contributed by atoms with Gasteiger partial charge in [-0.05, 0) is 29.3 Å². The third-order valence-electron chi connectivity index (χ3n) is 2.55. The third kappa shape index (κ3) is 2.21. The molecule has 1 unspecified atom stereocenters. The maximum absolute atomic E-state index is 9.70. The summed E-state index contributed by atoms with van der Waals surface area (Å²) in [6, 6.07) is 12.4. The van der Waals surface area contributed by atoms with E-state index in [-0.39, 0.29) is 0 Å². The van der Waals surface area contributed by atoms with Crippen molar-refractivity contribution in [2.24, 2.45) is 0 Å². The van der Waals surface area contributed by atoms with E-state index < -0.39 is 6.10 Å². The molecule has 78 valence electrons. The number of aryl methyl sites for hydroxylation is 1. The van der Waals surface area contributed by atoms with Crippen LogP contribution in [-0.4, -0.2) is 10.4 Å². The summed E-state index contributed by atoms with van der Waals surface area (Å²) in [5.41, 5.74) is 2.22. The molecule has 0 aromatic heterocycles. The molecule has 0 saturated carbocycles. The quantitative estimate of drug-likeness (QED) is 0.823. The first-order chi connectivity index (χ1) is 7.20. The second kappa shape index (κ2) is 4.33. The average Bonchev–Trinajstić information content (AvgIpc) is 2.27. The van der Waals surface area contributed by atoms with E-state index in [0.29, 0.717) is 5.33 Å². The summed E-state index contributed by atoms with van der Waals surface area (Å²) in [4.78, 5) is 0. The van der Waals surface area contributed by atoms with Gasteiger partial charge in [0, 0.05) is 5.33 Å². The molecule has 1 atom stereocenters. The number of aliphatic hydroxyl groups is 1. The van der Waals surface area contributed by atoms with Crippen molar-refractivity contribution in [1.82, 2.24) is 0 Å². The zero-order chi connectivity index (χ0) is 10.8. The Kier molecular flexibility index (Phi) is 3.08. The second-order valence-electron chi connectivity index (χ2n) is 3.78. The zero-order valence-electron chi connectivity index (χ0n) is 8.57. The highest BCUT2D eigenvalue weighted by Crippen LogP contribution is 2.22. The van der Waals surface area contributed by atoms with Crippen LogP contribution >= 0.6 is 15.9 Å². The van der Waals surface area contributed by atoms with Crippen molar-refractivity contribution < 1.29 is 5.11 Å². The van der Waals surface area contributed by atoms with E-state index in [9.17, 15) is 5.11 Å². The fraction of sp³-hybridized carbons (Fsp3) is 0.231. The molecule has 0 bridgehead atoms. The van der Waals surface area contributed by atoms with Crippen LogP contribution in [0.1, 0.15) is 17.2 Å². The van der Waals surface area contributed by atoms with Gasteiger partial charge in [-0.25, -0.2) is 0 Å². The number of hydrogen-bond acceptors (Lipinski definition) is 1. The lowest BCUT2D eigenvalue weighted by atomic mass is 10.0. The van der Waals surface area contributed by atoms with Crippen molar-refractivity contribution in [1.29, 1.82) is 0 Å². The first-order valence-corrected chi connectivity index (χ1v) is 6.07. The predicted molar refractivity (Wildman–Crippen MR) is 67.4 cm³/mol. The first-order valence-electron chi connectivity index (χ1n) is 4.95. The normalized spacial score (nSPS) is 13.0. The minimum atomic E-state index is -0.421. The highest BCUT2D eigenvalue weighted by Gasteiger charge is 2.05. The summed E-state index contributed by atoms with van der Waals surface area (Å²) in [7, 11) is 0. The average molecular weight is 265 g/mol. The molecule has 0 fully saturated rings. The van der Waals surface area contributed by atoms with Crippen molar-refractivity contribution >= 4 is 26.7 Å². The molecular weight excluding hydrogens is 252 g/mol. The lowest BCUT2D eigenvalue weighted by Crippen LogP contribution is -1.97. The number of halogens is 1. The van der Waals surface area contributed by atoms with Crippen LogP contribution in [0.2, 0.25) is 0 Å². The Hall–Kier alpha value is -0.860. The standard InChI is InChI=1S/C13H13BrO/c1-9-2-3-11-7-12(13(15)8-14)5-4-10(11)6-9/h2-7,13,15H,8H2,1H3. The van der Waals surface area contributed by atoms with Crippen LogP contribution < -0.4 is 0 Å². The molecule has 2 heteroatoms. The molecule has 2 aromatic carbocycles. The maximum atomic E-state index is 9.70. The summed E-state index contributed by atoms with van der Waals surface area (Å²) in [5, 5.41) is 12.7. The molecule has 0 radical (unpaired) electrons. The molecule has 1 N–H and O–H groups in total. The zero-order valence-corrected chi connectivity index (χ0v) is 10.2. The van der Waals surface area contributed by atoms with E-state index in [1.165, 1.54) is 16.3 Å². The van der Waals surface area contributed by atoms with E-state index in [4.69, 9.17) is 0 Å². The monoisotopic (exact) mass is 264 g/mol. The number of aliphatic hydroxyl groups excluding tert-OH is 1. The van der Waals surface area contributed by atoms with Crippen LogP contribution in [0, 0.1) is 6.92 Å². The molecule has 0 heterocycles. The van der Waals surface area contributed by atoms with E-state index in [1.807, 2.05) is 12.1 Å². The molecule has 2 rings (SSSR count). The summed E-state index contributed by atoms with van der Waals surface area (Å²) in [6.45, 7) is 2.08. The predicted octanol–water partition coefficient (Wildman–Crippen LogP) is 3.58. The van der Waals surface area contributed by atoms with E-state index in [2.05, 4.69) is 47.1 Å². The molecular formula is C13H13BrO. The lowest BCUT2D eigenvalue weighted by Gasteiger charge is -2.08. The number of hydrogen-bond donors (Lipinski definition) is 1. The van der Waals surface area contributed by atoms with E-state index in [1.54, 1.807) is 0 Å². The van der Waals surface area contributed by atoms with Gasteiger partial charge in [-0.3, -0.25) is 0 Å². The van der Waals surface area contributed by atoms with Crippen molar-refractivity contribution in [2.45, 2.75) is 13.0 Å². The van der Waals surface area contributed by atoms with Gasteiger partial charge in [-0.15, -0.1) is 0 Å². The maximum Gasteiger partial charge on any atom is 0.0887 e. The van der Waals surface area contributed by atoms with Crippen molar-refractivity contribution in [3.63, 3.8) is 0 Å². The fourth-order valence-corrected chi connectivity index (χ4v) is 2.05. The topological polar surface area (TPSA) is 20.2 Å². The van der Waals surface area contributed by atoms with Crippen LogP contribution in [0.4, 0.5) is 0 Å². The van der Waals surface area contributed by atoms with Crippen LogP contribution in [-0.2, 0) is 0 Å². The van der Waals surface area contributed by atoms with Gasteiger partial charge >= 0.3 is 0 Å². The minimum absolute atomic E-state index is 0.421. The molecule has 0 spiro atoms. The highest BCUT2D eigenvalue weighted by molar-refractivity contribution is 9.09. The van der Waals surface area contributed by atoms with Gasteiger partial charge in [0.2, 0.25) is 0 Å². The molecule has 0 aliphatic heterocycles.